The molecule has 3 aromatic rings. The third-order valence-corrected chi connectivity index (χ3v) is 7.65. The largest absolute Gasteiger partial charge is 0.457 e. The second-order valence-electron chi connectivity index (χ2n) is 8.66. The molecule has 0 aliphatic carbocycles. The van der Waals surface area contributed by atoms with E-state index < -0.39 is 33.5 Å². The Morgan fingerprint density at radius 2 is 1.62 bits per heavy atom. The summed E-state index contributed by atoms with van der Waals surface area (Å²) in [5.41, 5.74) is -1.11. The van der Waals surface area contributed by atoms with Gasteiger partial charge in [-0.1, -0.05) is 0 Å². The van der Waals surface area contributed by atoms with E-state index in [9.17, 15) is 31.2 Å². The fourth-order valence-electron chi connectivity index (χ4n) is 3.96. The maximum Gasteiger partial charge on any atom is 0.416 e. The van der Waals surface area contributed by atoms with Crippen LogP contribution in [0, 0.1) is 0 Å². The van der Waals surface area contributed by atoms with Gasteiger partial charge in [0.2, 0.25) is 0 Å². The third kappa shape index (κ3) is 6.85. The van der Waals surface area contributed by atoms with E-state index in [1.165, 1.54) is 9.80 Å². The van der Waals surface area contributed by atoms with Crippen LogP contribution in [0.25, 0.3) is 0 Å². The van der Waals surface area contributed by atoms with Crippen LogP contribution in [0.4, 0.5) is 29.3 Å². The van der Waals surface area contributed by atoms with Gasteiger partial charge in [-0.3, -0.25) is 14.7 Å². The molecule has 1 fully saturated rings. The van der Waals surface area contributed by atoms with Gasteiger partial charge in [0.05, 0.1) is 28.3 Å². The fourth-order valence-corrected chi connectivity index (χ4v) is 5.16. The van der Waals surface area contributed by atoms with Crippen LogP contribution >= 0.6 is 0 Å². The van der Waals surface area contributed by atoms with Crippen LogP contribution in [0.2, 0.25) is 0 Å². The summed E-state index contributed by atoms with van der Waals surface area (Å²) in [6, 6.07) is 11.5. The minimum absolute atomic E-state index is 0.0927. The monoisotopic (exact) mass is 562 g/mol. The van der Waals surface area contributed by atoms with Gasteiger partial charge in [0.15, 0.2) is 9.84 Å². The summed E-state index contributed by atoms with van der Waals surface area (Å²) < 4.78 is 69.6. The lowest BCUT2D eigenvalue weighted by Gasteiger charge is -2.28. The molecule has 13 heteroatoms. The molecule has 206 valence electrons. The summed E-state index contributed by atoms with van der Waals surface area (Å²) in [6.07, 6.45) is -1.56. The second-order valence-corrected chi connectivity index (χ2v) is 11.0. The SMILES string of the molecule is CCN(C(=O)Nc1cc(C(F)(F)F)ccc1C(=O)N1CCS(=O)(=O)CC1)c1ccc(Oc2ccncc2)cc1. The fraction of sp³-hybridized carbons (Fsp3) is 0.269. The van der Waals surface area contributed by atoms with Crippen molar-refractivity contribution in [2.45, 2.75) is 13.1 Å². The Morgan fingerprint density at radius 1 is 1.00 bits per heavy atom. The number of hydrogen-bond acceptors (Lipinski definition) is 6. The molecule has 0 saturated carbocycles. The topological polar surface area (TPSA) is 109 Å². The Bertz CT molecular complexity index is 1430. The Labute approximate surface area is 223 Å². The van der Waals surface area contributed by atoms with Gasteiger partial charge in [-0.15, -0.1) is 0 Å². The van der Waals surface area contributed by atoms with Gasteiger partial charge in [-0.2, -0.15) is 13.2 Å². The van der Waals surface area contributed by atoms with Crippen molar-refractivity contribution in [3.05, 3.63) is 78.1 Å². The Balaban J connectivity index is 1.57. The quantitative estimate of drug-likeness (QED) is 0.462. The van der Waals surface area contributed by atoms with E-state index in [0.29, 0.717) is 23.3 Å². The number of benzene rings is 2. The van der Waals surface area contributed by atoms with Crippen LogP contribution in [0.5, 0.6) is 11.5 Å². The highest BCUT2D eigenvalue weighted by Gasteiger charge is 2.33. The third-order valence-electron chi connectivity index (χ3n) is 6.05. The number of carbonyl (C=O) groups excluding carboxylic acids is 2. The molecule has 1 aromatic heterocycles. The summed E-state index contributed by atoms with van der Waals surface area (Å²) in [4.78, 5) is 32.8. The van der Waals surface area contributed by atoms with Gasteiger partial charge < -0.3 is 15.0 Å². The molecule has 0 bridgehead atoms. The predicted molar refractivity (Wildman–Crippen MR) is 139 cm³/mol. The van der Waals surface area contributed by atoms with Gasteiger partial charge in [0.25, 0.3) is 5.91 Å². The Hall–Kier alpha value is -4.13. The van der Waals surface area contributed by atoms with Gasteiger partial charge in [0, 0.05) is 37.7 Å². The minimum Gasteiger partial charge on any atom is -0.457 e. The molecule has 2 aromatic carbocycles. The van der Waals surface area contributed by atoms with Gasteiger partial charge in [-0.25, -0.2) is 13.2 Å². The average Bonchev–Trinajstić information content (AvgIpc) is 2.90. The number of nitrogens with one attached hydrogen (secondary N) is 1. The highest BCUT2D eigenvalue weighted by atomic mass is 32.2. The van der Waals surface area contributed by atoms with Crippen LogP contribution in [0.1, 0.15) is 22.8 Å². The van der Waals surface area contributed by atoms with Crippen molar-refractivity contribution in [3.8, 4) is 11.5 Å². The van der Waals surface area contributed by atoms with Crippen LogP contribution < -0.4 is 15.0 Å². The lowest BCUT2D eigenvalue weighted by atomic mass is 10.1. The number of alkyl halides is 3. The number of urea groups is 1. The van der Waals surface area contributed by atoms with Crippen LogP contribution in [-0.4, -0.2) is 61.4 Å². The molecule has 1 aliphatic heterocycles. The second kappa shape index (κ2) is 11.3. The molecule has 3 amide bonds. The number of ether oxygens (including phenoxy) is 1. The molecule has 1 aliphatic rings. The molecular weight excluding hydrogens is 537 g/mol. The molecule has 9 nitrogen and oxygen atoms in total. The normalized spacial score (nSPS) is 14.9. The Kier molecular flexibility index (Phi) is 8.09. The number of aromatic nitrogens is 1. The highest BCUT2D eigenvalue weighted by molar-refractivity contribution is 7.91. The lowest BCUT2D eigenvalue weighted by Crippen LogP contribution is -2.44. The first-order chi connectivity index (χ1) is 18.5. The number of halogens is 3. The number of rotatable bonds is 6. The molecule has 0 radical (unpaired) electrons. The maximum absolute atomic E-state index is 13.5. The lowest BCUT2D eigenvalue weighted by molar-refractivity contribution is -0.137. The zero-order valence-electron chi connectivity index (χ0n) is 20.8. The van der Waals surface area contributed by atoms with Gasteiger partial charge in [0.1, 0.15) is 11.5 Å². The zero-order chi connectivity index (χ0) is 28.2. The molecule has 2 heterocycles. The van der Waals surface area contributed by atoms with Crippen molar-refractivity contribution in [3.63, 3.8) is 0 Å². The van der Waals surface area contributed by atoms with Crippen molar-refractivity contribution in [1.29, 1.82) is 0 Å². The average molecular weight is 563 g/mol. The number of amides is 3. The molecular formula is C26H25F3N4O5S. The van der Waals surface area contributed by atoms with Crippen molar-refractivity contribution in [1.82, 2.24) is 9.88 Å². The molecule has 1 N–H and O–H groups in total. The van der Waals surface area contributed by atoms with Crippen molar-refractivity contribution in [2.24, 2.45) is 0 Å². The summed E-state index contributed by atoms with van der Waals surface area (Å²) in [5.74, 6) is -0.0990. The molecule has 4 rings (SSSR count). The predicted octanol–water partition coefficient (Wildman–Crippen LogP) is 4.82. The highest BCUT2D eigenvalue weighted by Crippen LogP contribution is 2.33. The van der Waals surface area contributed by atoms with Crippen molar-refractivity contribution < 1.29 is 35.9 Å². The first-order valence-electron chi connectivity index (χ1n) is 11.9. The first kappa shape index (κ1) is 27.9. The molecule has 39 heavy (non-hydrogen) atoms. The van der Waals surface area contributed by atoms with Crippen LogP contribution in [0.15, 0.2) is 67.0 Å². The van der Waals surface area contributed by atoms with E-state index >= 15 is 0 Å². The minimum atomic E-state index is -4.71. The first-order valence-corrected chi connectivity index (χ1v) is 13.8. The molecule has 0 unspecified atom stereocenters. The summed E-state index contributed by atoms with van der Waals surface area (Å²) in [7, 11) is -3.28. The smallest absolute Gasteiger partial charge is 0.416 e. The van der Waals surface area contributed by atoms with Crippen LogP contribution in [0.3, 0.4) is 0 Å². The summed E-state index contributed by atoms with van der Waals surface area (Å²) in [5, 5.41) is 2.45. The van der Waals surface area contributed by atoms with Gasteiger partial charge >= 0.3 is 12.2 Å². The maximum atomic E-state index is 13.5. The zero-order valence-corrected chi connectivity index (χ0v) is 21.6. The summed E-state index contributed by atoms with van der Waals surface area (Å²) in [6.45, 7) is 1.67. The van der Waals surface area contributed by atoms with Crippen LogP contribution in [-0.2, 0) is 16.0 Å². The number of anilines is 2. The standard InChI is InChI=1S/C26H25F3N4O5S/c1-2-33(19-4-6-20(7-5-19)38-21-9-11-30-12-10-21)25(35)31-23-17-18(26(27,28)29)3-8-22(23)24(34)32-13-15-39(36,37)16-14-32/h3-12,17H,2,13-16H2,1H3,(H,31,35). The number of sulfone groups is 1. The Morgan fingerprint density at radius 3 is 2.21 bits per heavy atom. The van der Waals surface area contributed by atoms with E-state index in [1.807, 2.05) is 0 Å². The number of nitrogens with zero attached hydrogens (tertiary/aromatic N) is 3. The van der Waals surface area contributed by atoms with Crippen molar-refractivity contribution >= 4 is 33.2 Å². The summed E-state index contributed by atoms with van der Waals surface area (Å²) >= 11 is 0. The molecule has 1 saturated heterocycles. The molecule has 0 spiro atoms. The van der Waals surface area contributed by atoms with Gasteiger partial charge in [-0.05, 0) is 61.5 Å². The van der Waals surface area contributed by atoms with E-state index in [2.05, 4.69) is 10.3 Å². The number of hydrogen-bond donors (Lipinski definition) is 1. The van der Waals surface area contributed by atoms with E-state index in [-0.39, 0.29) is 42.4 Å². The number of carbonyl (C=O) groups is 2. The van der Waals surface area contributed by atoms with Crippen molar-refractivity contribution in [2.75, 3.05) is 41.4 Å². The molecule has 0 atom stereocenters. The number of pyridine rings is 1. The van der Waals surface area contributed by atoms with E-state index in [4.69, 9.17) is 4.74 Å². The van der Waals surface area contributed by atoms with E-state index in [1.54, 1.807) is 55.7 Å². The van der Waals surface area contributed by atoms with E-state index in [0.717, 1.165) is 12.1 Å².